The molecule has 0 unspecified atom stereocenters. The van der Waals surface area contributed by atoms with Gasteiger partial charge in [0.15, 0.2) is 0 Å². The van der Waals surface area contributed by atoms with E-state index in [0.29, 0.717) is 23.7 Å². The first-order valence-corrected chi connectivity index (χ1v) is 6.58. The Morgan fingerprint density at radius 3 is 2.83 bits per heavy atom. The van der Waals surface area contributed by atoms with Crippen molar-refractivity contribution >= 4 is 28.6 Å². The third-order valence-corrected chi connectivity index (χ3v) is 3.55. The van der Waals surface area contributed by atoms with E-state index < -0.39 is 4.92 Å². The molecule has 0 aliphatic rings. The lowest BCUT2D eigenvalue weighted by Crippen LogP contribution is -2.13. The summed E-state index contributed by atoms with van der Waals surface area (Å²) < 4.78 is 0. The lowest BCUT2D eigenvalue weighted by Gasteiger charge is -2.05. The van der Waals surface area contributed by atoms with Crippen molar-refractivity contribution in [1.82, 2.24) is 5.32 Å². The van der Waals surface area contributed by atoms with E-state index in [-0.39, 0.29) is 5.69 Å². The predicted molar refractivity (Wildman–Crippen MR) is 73.0 cm³/mol. The molecule has 1 N–H and O–H groups in total. The van der Waals surface area contributed by atoms with Gasteiger partial charge >= 0.3 is 0 Å². The van der Waals surface area contributed by atoms with Gasteiger partial charge in [0, 0.05) is 34.6 Å². The highest BCUT2D eigenvalue weighted by Crippen LogP contribution is 2.23. The van der Waals surface area contributed by atoms with Crippen molar-refractivity contribution in [3.63, 3.8) is 0 Å². The van der Waals surface area contributed by atoms with Crippen LogP contribution in [0.3, 0.4) is 0 Å². The minimum Gasteiger partial charge on any atom is -0.308 e. The van der Waals surface area contributed by atoms with Gasteiger partial charge in [0.05, 0.1) is 4.92 Å². The van der Waals surface area contributed by atoms with Crippen molar-refractivity contribution in [2.45, 2.75) is 13.1 Å². The topological polar surface area (TPSA) is 55.2 Å². The van der Waals surface area contributed by atoms with Crippen LogP contribution in [0.5, 0.6) is 0 Å². The molecule has 0 fully saturated rings. The Morgan fingerprint density at radius 1 is 1.33 bits per heavy atom. The standard InChI is InChI=1S/C12H11ClN2O2S/c13-10-4-3-9(12(6-10)15(16)17)7-14-8-11-2-1-5-18-11/h1-6,14H,7-8H2. The van der Waals surface area contributed by atoms with E-state index in [4.69, 9.17) is 11.6 Å². The summed E-state index contributed by atoms with van der Waals surface area (Å²) in [6, 6.07) is 8.72. The molecule has 0 saturated carbocycles. The molecule has 0 radical (unpaired) electrons. The van der Waals surface area contributed by atoms with Crippen molar-refractivity contribution in [2.24, 2.45) is 0 Å². The van der Waals surface area contributed by atoms with Crippen LogP contribution >= 0.6 is 22.9 Å². The van der Waals surface area contributed by atoms with Gasteiger partial charge in [0.2, 0.25) is 0 Å². The summed E-state index contributed by atoms with van der Waals surface area (Å²) >= 11 is 7.41. The van der Waals surface area contributed by atoms with Crippen LogP contribution in [-0.4, -0.2) is 4.92 Å². The zero-order valence-corrected chi connectivity index (χ0v) is 11.0. The van der Waals surface area contributed by atoms with Crippen molar-refractivity contribution in [2.75, 3.05) is 0 Å². The zero-order chi connectivity index (χ0) is 13.0. The highest BCUT2D eigenvalue weighted by Gasteiger charge is 2.13. The average molecular weight is 283 g/mol. The molecule has 1 aromatic carbocycles. The van der Waals surface area contributed by atoms with Gasteiger partial charge in [0.1, 0.15) is 0 Å². The Balaban J connectivity index is 2.02. The lowest BCUT2D eigenvalue weighted by atomic mass is 10.2. The van der Waals surface area contributed by atoms with Crippen molar-refractivity contribution in [1.29, 1.82) is 0 Å². The molecule has 0 amide bonds. The fraction of sp³-hybridized carbons (Fsp3) is 0.167. The zero-order valence-electron chi connectivity index (χ0n) is 9.43. The molecule has 0 atom stereocenters. The number of halogens is 1. The van der Waals surface area contributed by atoms with Gasteiger partial charge in [-0.05, 0) is 23.6 Å². The quantitative estimate of drug-likeness (QED) is 0.673. The molecule has 0 bridgehead atoms. The molecule has 2 rings (SSSR count). The van der Waals surface area contributed by atoms with Gasteiger partial charge in [0.25, 0.3) is 5.69 Å². The Morgan fingerprint density at radius 2 is 2.17 bits per heavy atom. The van der Waals surface area contributed by atoms with Crippen LogP contribution in [0.15, 0.2) is 35.7 Å². The van der Waals surface area contributed by atoms with E-state index >= 15 is 0 Å². The summed E-state index contributed by atoms with van der Waals surface area (Å²) in [5.74, 6) is 0. The van der Waals surface area contributed by atoms with Gasteiger partial charge < -0.3 is 5.32 Å². The molecule has 6 heteroatoms. The largest absolute Gasteiger partial charge is 0.308 e. The van der Waals surface area contributed by atoms with Crippen LogP contribution in [-0.2, 0) is 13.1 Å². The number of benzene rings is 1. The second kappa shape index (κ2) is 5.95. The molecule has 2 aromatic rings. The summed E-state index contributed by atoms with van der Waals surface area (Å²) in [4.78, 5) is 11.7. The van der Waals surface area contributed by atoms with Crippen molar-refractivity contribution in [3.8, 4) is 0 Å². The summed E-state index contributed by atoms with van der Waals surface area (Å²) in [5, 5.41) is 16.4. The smallest absolute Gasteiger partial charge is 0.275 e. The maximum Gasteiger partial charge on any atom is 0.275 e. The Hall–Kier alpha value is -1.43. The minimum absolute atomic E-state index is 0.0566. The van der Waals surface area contributed by atoms with Gasteiger partial charge in [-0.2, -0.15) is 0 Å². The normalized spacial score (nSPS) is 10.5. The number of thiophene rings is 1. The van der Waals surface area contributed by atoms with E-state index in [1.54, 1.807) is 23.5 Å². The number of hydrogen-bond donors (Lipinski definition) is 1. The maximum atomic E-state index is 10.9. The van der Waals surface area contributed by atoms with E-state index in [0.717, 1.165) is 0 Å². The van der Waals surface area contributed by atoms with Crippen molar-refractivity contribution < 1.29 is 4.92 Å². The number of nitrogens with one attached hydrogen (secondary N) is 1. The molecule has 1 heterocycles. The van der Waals surface area contributed by atoms with Gasteiger partial charge in [-0.15, -0.1) is 11.3 Å². The third kappa shape index (κ3) is 3.29. The third-order valence-electron chi connectivity index (χ3n) is 2.44. The highest BCUT2D eigenvalue weighted by molar-refractivity contribution is 7.09. The van der Waals surface area contributed by atoms with Crippen LogP contribution in [0.2, 0.25) is 5.02 Å². The number of hydrogen-bond acceptors (Lipinski definition) is 4. The Kier molecular flexibility index (Phi) is 4.30. The number of nitro groups is 1. The molecule has 94 valence electrons. The highest BCUT2D eigenvalue weighted by atomic mass is 35.5. The van der Waals surface area contributed by atoms with Crippen LogP contribution in [0.25, 0.3) is 0 Å². The average Bonchev–Trinajstić information content (AvgIpc) is 2.84. The Labute approximate surface area is 113 Å². The monoisotopic (exact) mass is 282 g/mol. The van der Waals surface area contributed by atoms with E-state index in [1.807, 2.05) is 17.5 Å². The molecule has 1 aromatic heterocycles. The second-order valence-corrected chi connectivity index (χ2v) is 5.18. The Bertz CT molecular complexity index is 543. The molecular weight excluding hydrogens is 272 g/mol. The summed E-state index contributed by atoms with van der Waals surface area (Å²) in [7, 11) is 0. The van der Waals surface area contributed by atoms with Crippen LogP contribution in [0, 0.1) is 10.1 Å². The van der Waals surface area contributed by atoms with Gasteiger partial charge in [-0.3, -0.25) is 10.1 Å². The van der Waals surface area contributed by atoms with Crippen LogP contribution < -0.4 is 5.32 Å². The maximum absolute atomic E-state index is 10.9. The minimum atomic E-state index is -0.409. The fourth-order valence-electron chi connectivity index (χ4n) is 1.59. The van der Waals surface area contributed by atoms with E-state index in [9.17, 15) is 10.1 Å². The number of nitro benzene ring substituents is 1. The number of nitrogens with zero attached hydrogens (tertiary/aromatic N) is 1. The summed E-state index contributed by atoms with van der Waals surface area (Å²) in [6.45, 7) is 1.16. The van der Waals surface area contributed by atoms with E-state index in [2.05, 4.69) is 5.32 Å². The molecule has 0 spiro atoms. The van der Waals surface area contributed by atoms with Crippen molar-refractivity contribution in [3.05, 3.63) is 61.3 Å². The predicted octanol–water partition coefficient (Wildman–Crippen LogP) is 3.60. The summed E-state index contributed by atoms with van der Waals surface area (Å²) in [6.07, 6.45) is 0. The first kappa shape index (κ1) is 13.0. The molecule has 0 saturated heterocycles. The molecule has 18 heavy (non-hydrogen) atoms. The molecule has 0 aliphatic heterocycles. The summed E-state index contributed by atoms with van der Waals surface area (Å²) in [5.41, 5.74) is 0.696. The first-order valence-electron chi connectivity index (χ1n) is 5.33. The van der Waals surface area contributed by atoms with Crippen LogP contribution in [0.1, 0.15) is 10.4 Å². The van der Waals surface area contributed by atoms with Gasteiger partial charge in [-0.25, -0.2) is 0 Å². The fourth-order valence-corrected chi connectivity index (χ4v) is 2.43. The molecular formula is C12H11ClN2O2S. The van der Waals surface area contributed by atoms with E-state index in [1.165, 1.54) is 10.9 Å². The van der Waals surface area contributed by atoms with Gasteiger partial charge in [-0.1, -0.05) is 17.7 Å². The van der Waals surface area contributed by atoms with Crippen LogP contribution in [0.4, 0.5) is 5.69 Å². The SMILES string of the molecule is O=[N+]([O-])c1cc(Cl)ccc1CNCc1cccs1. The molecule has 0 aliphatic carbocycles. The first-order chi connectivity index (χ1) is 8.66. The molecule has 4 nitrogen and oxygen atoms in total. The number of rotatable bonds is 5. The second-order valence-electron chi connectivity index (χ2n) is 3.71. The lowest BCUT2D eigenvalue weighted by molar-refractivity contribution is -0.385.